The summed E-state index contributed by atoms with van der Waals surface area (Å²) in [7, 11) is 0. The zero-order valence-corrected chi connectivity index (χ0v) is 7.44. The first kappa shape index (κ1) is 9.41. The predicted molar refractivity (Wildman–Crippen MR) is 47.4 cm³/mol. The maximum absolute atomic E-state index is 4.20. The van der Waals surface area contributed by atoms with Gasteiger partial charge in [-0.05, 0) is 27.2 Å². The SMILES string of the molecule is CCC/C(C)=C\N=C(C)C. The highest BCUT2D eigenvalue weighted by Gasteiger charge is 1.83. The summed E-state index contributed by atoms with van der Waals surface area (Å²) in [5.74, 6) is 0. The molecule has 58 valence electrons. The monoisotopic (exact) mass is 139 g/mol. The van der Waals surface area contributed by atoms with Gasteiger partial charge < -0.3 is 0 Å². The lowest BCUT2D eigenvalue weighted by Crippen LogP contribution is -1.78. The molecule has 0 saturated heterocycles. The van der Waals surface area contributed by atoms with E-state index in [2.05, 4.69) is 18.8 Å². The quantitative estimate of drug-likeness (QED) is 0.532. The van der Waals surface area contributed by atoms with E-state index >= 15 is 0 Å². The molecule has 0 saturated carbocycles. The van der Waals surface area contributed by atoms with Crippen molar-refractivity contribution in [2.75, 3.05) is 0 Å². The summed E-state index contributed by atoms with van der Waals surface area (Å²) in [6.07, 6.45) is 4.33. The van der Waals surface area contributed by atoms with E-state index in [-0.39, 0.29) is 0 Å². The number of hydrogen-bond acceptors (Lipinski definition) is 1. The van der Waals surface area contributed by atoms with Crippen LogP contribution in [-0.4, -0.2) is 5.71 Å². The van der Waals surface area contributed by atoms with Crippen LogP contribution in [0.4, 0.5) is 0 Å². The minimum atomic E-state index is 1.12. The van der Waals surface area contributed by atoms with Crippen molar-refractivity contribution in [3.63, 3.8) is 0 Å². The van der Waals surface area contributed by atoms with Crippen molar-refractivity contribution in [1.82, 2.24) is 0 Å². The van der Waals surface area contributed by atoms with Crippen LogP contribution in [0.5, 0.6) is 0 Å². The van der Waals surface area contributed by atoms with Crippen molar-refractivity contribution < 1.29 is 0 Å². The lowest BCUT2D eigenvalue weighted by Gasteiger charge is -1.93. The lowest BCUT2D eigenvalue weighted by atomic mass is 10.2. The van der Waals surface area contributed by atoms with Crippen LogP contribution in [0.15, 0.2) is 16.8 Å². The van der Waals surface area contributed by atoms with Crippen LogP contribution in [0.25, 0.3) is 0 Å². The number of rotatable bonds is 3. The van der Waals surface area contributed by atoms with Crippen LogP contribution in [0.3, 0.4) is 0 Å². The summed E-state index contributed by atoms with van der Waals surface area (Å²) >= 11 is 0. The molecule has 10 heavy (non-hydrogen) atoms. The maximum Gasteiger partial charge on any atom is 0.0256 e. The van der Waals surface area contributed by atoms with E-state index in [4.69, 9.17) is 0 Å². The van der Waals surface area contributed by atoms with Crippen molar-refractivity contribution in [2.24, 2.45) is 4.99 Å². The summed E-state index contributed by atoms with van der Waals surface area (Å²) in [5, 5.41) is 0. The first-order chi connectivity index (χ1) is 4.66. The van der Waals surface area contributed by atoms with Gasteiger partial charge >= 0.3 is 0 Å². The number of allylic oxidation sites excluding steroid dienone is 1. The van der Waals surface area contributed by atoms with Gasteiger partial charge in [0.2, 0.25) is 0 Å². The van der Waals surface area contributed by atoms with Gasteiger partial charge in [0.1, 0.15) is 0 Å². The van der Waals surface area contributed by atoms with Crippen molar-refractivity contribution in [3.8, 4) is 0 Å². The number of hydrogen-bond donors (Lipinski definition) is 0. The molecule has 1 nitrogen and oxygen atoms in total. The third-order valence-electron chi connectivity index (χ3n) is 1.19. The normalized spacial score (nSPS) is 11.4. The second kappa shape index (κ2) is 5.21. The minimum Gasteiger partial charge on any atom is -0.266 e. The van der Waals surface area contributed by atoms with Crippen LogP contribution in [-0.2, 0) is 0 Å². The maximum atomic E-state index is 4.20. The first-order valence-electron chi connectivity index (χ1n) is 3.83. The Kier molecular flexibility index (Phi) is 4.91. The summed E-state index contributed by atoms with van der Waals surface area (Å²) in [6.45, 7) is 8.32. The fourth-order valence-corrected chi connectivity index (χ4v) is 0.698. The van der Waals surface area contributed by atoms with Gasteiger partial charge in [-0.2, -0.15) is 0 Å². The Hall–Kier alpha value is -0.590. The minimum absolute atomic E-state index is 1.12. The second-order valence-corrected chi connectivity index (χ2v) is 2.80. The molecule has 0 amide bonds. The van der Waals surface area contributed by atoms with Crippen LogP contribution in [0.2, 0.25) is 0 Å². The molecule has 0 N–H and O–H groups in total. The fraction of sp³-hybridized carbons (Fsp3) is 0.667. The topological polar surface area (TPSA) is 12.4 Å². The highest BCUT2D eigenvalue weighted by molar-refractivity contribution is 5.79. The molecule has 0 bridgehead atoms. The molecule has 1 heteroatoms. The summed E-state index contributed by atoms with van der Waals surface area (Å²) in [6, 6.07) is 0. The van der Waals surface area contributed by atoms with E-state index < -0.39 is 0 Å². The molecular weight excluding hydrogens is 122 g/mol. The Morgan fingerprint density at radius 1 is 1.30 bits per heavy atom. The molecule has 0 heterocycles. The second-order valence-electron chi connectivity index (χ2n) is 2.80. The summed E-state index contributed by atoms with van der Waals surface area (Å²) < 4.78 is 0. The first-order valence-corrected chi connectivity index (χ1v) is 3.83. The Morgan fingerprint density at radius 2 is 1.90 bits per heavy atom. The van der Waals surface area contributed by atoms with E-state index in [0.29, 0.717) is 0 Å². The van der Waals surface area contributed by atoms with Gasteiger partial charge in [0.15, 0.2) is 0 Å². The van der Waals surface area contributed by atoms with Gasteiger partial charge in [-0.15, -0.1) is 0 Å². The molecule has 0 aliphatic rings. The highest BCUT2D eigenvalue weighted by Crippen LogP contribution is 2.02. The molecule has 0 rings (SSSR count). The zero-order chi connectivity index (χ0) is 7.98. The summed E-state index contributed by atoms with van der Waals surface area (Å²) in [5.41, 5.74) is 2.49. The molecule has 0 unspecified atom stereocenters. The Labute approximate surface area is 63.9 Å². The fourth-order valence-electron chi connectivity index (χ4n) is 0.698. The smallest absolute Gasteiger partial charge is 0.0256 e. The van der Waals surface area contributed by atoms with E-state index in [9.17, 15) is 0 Å². The van der Waals surface area contributed by atoms with E-state index in [1.807, 2.05) is 20.0 Å². The molecule has 0 aliphatic carbocycles. The molecule has 0 spiro atoms. The zero-order valence-electron chi connectivity index (χ0n) is 7.44. The average molecular weight is 139 g/mol. The lowest BCUT2D eigenvalue weighted by molar-refractivity contribution is 0.901. The predicted octanol–water partition coefficient (Wildman–Crippen LogP) is 3.17. The third-order valence-corrected chi connectivity index (χ3v) is 1.19. The standard InChI is InChI=1S/C9H17N/c1-5-6-9(4)7-10-8(2)3/h7H,5-6H2,1-4H3/b9-7-. The third kappa shape index (κ3) is 5.54. The van der Waals surface area contributed by atoms with E-state index in [1.165, 1.54) is 12.0 Å². The van der Waals surface area contributed by atoms with Gasteiger partial charge in [0.25, 0.3) is 0 Å². The van der Waals surface area contributed by atoms with Gasteiger partial charge in [0, 0.05) is 11.9 Å². The van der Waals surface area contributed by atoms with Crippen molar-refractivity contribution >= 4 is 5.71 Å². The van der Waals surface area contributed by atoms with Gasteiger partial charge in [-0.1, -0.05) is 18.9 Å². The van der Waals surface area contributed by atoms with Gasteiger partial charge in [0.05, 0.1) is 0 Å². The molecule has 0 aromatic heterocycles. The van der Waals surface area contributed by atoms with Crippen molar-refractivity contribution in [3.05, 3.63) is 11.8 Å². The van der Waals surface area contributed by atoms with Crippen LogP contribution < -0.4 is 0 Å². The Morgan fingerprint density at radius 3 is 2.30 bits per heavy atom. The molecule has 0 aromatic carbocycles. The van der Waals surface area contributed by atoms with Gasteiger partial charge in [-0.25, -0.2) is 0 Å². The number of nitrogens with zero attached hydrogens (tertiary/aromatic N) is 1. The van der Waals surface area contributed by atoms with Crippen molar-refractivity contribution in [1.29, 1.82) is 0 Å². The van der Waals surface area contributed by atoms with Crippen molar-refractivity contribution in [2.45, 2.75) is 40.5 Å². The van der Waals surface area contributed by atoms with E-state index in [1.54, 1.807) is 0 Å². The Bertz CT molecular complexity index is 139. The van der Waals surface area contributed by atoms with Crippen LogP contribution in [0, 0.1) is 0 Å². The summed E-state index contributed by atoms with van der Waals surface area (Å²) in [4.78, 5) is 4.20. The molecule has 0 aliphatic heterocycles. The molecule has 0 atom stereocenters. The largest absolute Gasteiger partial charge is 0.266 e. The number of aliphatic imine (C=N–C) groups is 1. The highest BCUT2D eigenvalue weighted by atomic mass is 14.7. The van der Waals surface area contributed by atoms with Crippen LogP contribution in [0.1, 0.15) is 40.5 Å². The molecular formula is C9H17N. The average Bonchev–Trinajstić information content (AvgIpc) is 1.85. The molecule has 0 fully saturated rings. The molecule has 0 aromatic rings. The van der Waals surface area contributed by atoms with E-state index in [0.717, 1.165) is 12.1 Å². The Balaban J connectivity index is 3.79. The van der Waals surface area contributed by atoms with Crippen LogP contribution >= 0.6 is 0 Å². The molecule has 0 radical (unpaired) electrons. The van der Waals surface area contributed by atoms with Gasteiger partial charge in [-0.3, -0.25) is 4.99 Å².